The van der Waals surface area contributed by atoms with Crippen LogP contribution < -0.4 is 5.32 Å². The fourth-order valence-corrected chi connectivity index (χ4v) is 4.34. The lowest BCUT2D eigenvalue weighted by Gasteiger charge is -2.24. The van der Waals surface area contributed by atoms with Crippen molar-refractivity contribution in [3.8, 4) is 0 Å². The average Bonchev–Trinajstić information content (AvgIpc) is 2.44. The van der Waals surface area contributed by atoms with Crippen molar-refractivity contribution in [3.05, 3.63) is 34.9 Å². The summed E-state index contributed by atoms with van der Waals surface area (Å²) in [5.74, 6) is 0.498. The summed E-state index contributed by atoms with van der Waals surface area (Å²) >= 11 is 6.06. The van der Waals surface area contributed by atoms with Crippen molar-refractivity contribution in [2.75, 3.05) is 12.3 Å². The van der Waals surface area contributed by atoms with Crippen molar-refractivity contribution in [1.82, 2.24) is 5.32 Å². The fraction of sp³-hybridized carbons (Fsp3) is 0.625. The molecule has 1 aromatic rings. The summed E-state index contributed by atoms with van der Waals surface area (Å²) < 4.78 is 24.9. The molecule has 0 bridgehead atoms. The molecule has 21 heavy (non-hydrogen) atoms. The molecule has 0 aromatic heterocycles. The molecule has 0 aliphatic heterocycles. The molecule has 1 rings (SSSR count). The highest BCUT2D eigenvalue weighted by Crippen LogP contribution is 2.19. The average molecular weight is 332 g/mol. The van der Waals surface area contributed by atoms with Gasteiger partial charge in [0.15, 0.2) is 9.84 Å². The fourth-order valence-electron chi connectivity index (χ4n) is 2.22. The van der Waals surface area contributed by atoms with Gasteiger partial charge in [-0.2, -0.15) is 0 Å². The maximum atomic E-state index is 12.4. The monoisotopic (exact) mass is 331 g/mol. The van der Waals surface area contributed by atoms with Gasteiger partial charge >= 0.3 is 0 Å². The Labute approximate surface area is 134 Å². The molecule has 0 aliphatic carbocycles. The van der Waals surface area contributed by atoms with Crippen LogP contribution in [0.5, 0.6) is 0 Å². The minimum atomic E-state index is -3.19. The maximum absolute atomic E-state index is 12.4. The Morgan fingerprint density at radius 2 is 1.90 bits per heavy atom. The maximum Gasteiger partial charge on any atom is 0.156 e. The molecular formula is C16H26ClNO2S. The van der Waals surface area contributed by atoms with Crippen LogP contribution >= 0.6 is 11.6 Å². The van der Waals surface area contributed by atoms with Crippen LogP contribution in [0.2, 0.25) is 5.02 Å². The summed E-state index contributed by atoms with van der Waals surface area (Å²) in [6.07, 6.45) is 1.96. The Balaban J connectivity index is 2.78. The minimum Gasteiger partial charge on any atom is -0.313 e. The first-order valence-corrected chi connectivity index (χ1v) is 9.76. The zero-order valence-corrected chi connectivity index (χ0v) is 14.7. The molecule has 5 heteroatoms. The number of hydrogen-bond donors (Lipinski definition) is 1. The Morgan fingerprint density at radius 3 is 2.48 bits per heavy atom. The molecule has 2 unspecified atom stereocenters. The van der Waals surface area contributed by atoms with E-state index in [2.05, 4.69) is 26.1 Å². The lowest BCUT2D eigenvalue weighted by molar-refractivity contribution is 0.391. The van der Waals surface area contributed by atoms with E-state index in [1.807, 2.05) is 12.1 Å². The molecule has 0 spiro atoms. The number of hydrogen-bond acceptors (Lipinski definition) is 3. The van der Waals surface area contributed by atoms with E-state index in [0.29, 0.717) is 16.5 Å². The normalized spacial score (nSPS) is 14.9. The largest absolute Gasteiger partial charge is 0.313 e. The SMILES string of the molecule is CCCNC(CS(=O)(=O)Cc1ccccc1Cl)C(C)CC. The first-order valence-electron chi connectivity index (χ1n) is 7.56. The van der Waals surface area contributed by atoms with E-state index in [1.165, 1.54) is 0 Å². The number of sulfone groups is 1. The predicted octanol–water partition coefficient (Wildman–Crippen LogP) is 3.67. The van der Waals surface area contributed by atoms with E-state index in [-0.39, 0.29) is 17.5 Å². The van der Waals surface area contributed by atoms with Crippen LogP contribution in [-0.4, -0.2) is 26.8 Å². The smallest absolute Gasteiger partial charge is 0.156 e. The van der Waals surface area contributed by atoms with Crippen LogP contribution in [-0.2, 0) is 15.6 Å². The second-order valence-corrected chi connectivity index (χ2v) is 8.11. The van der Waals surface area contributed by atoms with Crippen molar-refractivity contribution in [2.45, 2.75) is 45.4 Å². The van der Waals surface area contributed by atoms with Crippen LogP contribution in [0.4, 0.5) is 0 Å². The molecule has 120 valence electrons. The molecule has 0 fully saturated rings. The molecule has 0 aliphatic rings. The quantitative estimate of drug-likeness (QED) is 0.751. The van der Waals surface area contributed by atoms with Gasteiger partial charge in [0.05, 0.1) is 11.5 Å². The molecule has 0 saturated carbocycles. The summed E-state index contributed by atoms with van der Waals surface area (Å²) in [6, 6.07) is 7.13. The van der Waals surface area contributed by atoms with Gasteiger partial charge in [-0.15, -0.1) is 0 Å². The standard InChI is InChI=1S/C16H26ClNO2S/c1-4-10-18-16(13(3)5-2)12-21(19,20)11-14-8-6-7-9-15(14)17/h6-9,13,16,18H,4-5,10-12H2,1-3H3. The molecule has 1 N–H and O–H groups in total. The summed E-state index contributed by atoms with van der Waals surface area (Å²) in [7, 11) is -3.19. The van der Waals surface area contributed by atoms with E-state index in [4.69, 9.17) is 11.6 Å². The van der Waals surface area contributed by atoms with Crippen LogP contribution in [0.25, 0.3) is 0 Å². The van der Waals surface area contributed by atoms with E-state index in [1.54, 1.807) is 12.1 Å². The van der Waals surface area contributed by atoms with E-state index in [0.717, 1.165) is 19.4 Å². The third-order valence-electron chi connectivity index (χ3n) is 3.75. The molecule has 0 amide bonds. The van der Waals surface area contributed by atoms with Gasteiger partial charge in [0.1, 0.15) is 0 Å². The van der Waals surface area contributed by atoms with E-state index >= 15 is 0 Å². The molecule has 3 nitrogen and oxygen atoms in total. The van der Waals surface area contributed by atoms with Gasteiger partial charge in [-0.05, 0) is 30.5 Å². The third kappa shape index (κ3) is 6.37. The minimum absolute atomic E-state index is 0.00226. The summed E-state index contributed by atoms with van der Waals surface area (Å²) in [6.45, 7) is 7.11. The second kappa shape index (κ2) is 8.76. The number of rotatable bonds is 9. The highest BCUT2D eigenvalue weighted by atomic mass is 35.5. The lowest BCUT2D eigenvalue weighted by Crippen LogP contribution is -2.41. The molecule has 0 saturated heterocycles. The number of halogens is 1. The van der Waals surface area contributed by atoms with Crippen molar-refractivity contribution < 1.29 is 8.42 Å². The Kier molecular flexibility index (Phi) is 7.71. The third-order valence-corrected chi connectivity index (χ3v) is 5.74. The molecular weight excluding hydrogens is 306 g/mol. The lowest BCUT2D eigenvalue weighted by atomic mass is 10.0. The first-order chi connectivity index (χ1) is 9.89. The number of benzene rings is 1. The van der Waals surface area contributed by atoms with Crippen LogP contribution in [0.1, 0.15) is 39.2 Å². The van der Waals surface area contributed by atoms with Gasteiger partial charge in [0.2, 0.25) is 0 Å². The van der Waals surface area contributed by atoms with Crippen LogP contribution in [0, 0.1) is 5.92 Å². The Bertz CT molecular complexity index is 531. The van der Waals surface area contributed by atoms with Gasteiger partial charge in [-0.25, -0.2) is 8.42 Å². The summed E-state index contributed by atoms with van der Waals surface area (Å²) in [4.78, 5) is 0. The zero-order chi connectivity index (χ0) is 15.9. The van der Waals surface area contributed by atoms with Gasteiger partial charge in [-0.1, -0.05) is 57.0 Å². The number of nitrogens with one attached hydrogen (secondary N) is 1. The van der Waals surface area contributed by atoms with Gasteiger partial charge in [0.25, 0.3) is 0 Å². The topological polar surface area (TPSA) is 46.2 Å². The molecule has 0 radical (unpaired) electrons. The van der Waals surface area contributed by atoms with Crippen LogP contribution in [0.15, 0.2) is 24.3 Å². The first kappa shape index (κ1) is 18.5. The van der Waals surface area contributed by atoms with Crippen molar-refractivity contribution >= 4 is 21.4 Å². The van der Waals surface area contributed by atoms with Crippen molar-refractivity contribution in [2.24, 2.45) is 5.92 Å². The molecule has 2 atom stereocenters. The van der Waals surface area contributed by atoms with Crippen molar-refractivity contribution in [1.29, 1.82) is 0 Å². The van der Waals surface area contributed by atoms with Gasteiger partial charge < -0.3 is 5.32 Å². The second-order valence-electron chi connectivity index (χ2n) is 5.59. The van der Waals surface area contributed by atoms with Crippen molar-refractivity contribution in [3.63, 3.8) is 0 Å². The highest BCUT2D eigenvalue weighted by molar-refractivity contribution is 7.90. The highest BCUT2D eigenvalue weighted by Gasteiger charge is 2.23. The van der Waals surface area contributed by atoms with E-state index < -0.39 is 9.84 Å². The zero-order valence-electron chi connectivity index (χ0n) is 13.1. The molecule has 1 aromatic carbocycles. The summed E-state index contributed by atoms with van der Waals surface area (Å²) in [5.41, 5.74) is 0.678. The molecule has 0 heterocycles. The Morgan fingerprint density at radius 1 is 1.24 bits per heavy atom. The Hall–Kier alpha value is -0.580. The van der Waals surface area contributed by atoms with Gasteiger partial charge in [-0.3, -0.25) is 0 Å². The summed E-state index contributed by atoms with van der Waals surface area (Å²) in [5, 5.41) is 3.88. The van der Waals surface area contributed by atoms with E-state index in [9.17, 15) is 8.42 Å². The van der Waals surface area contributed by atoms with Gasteiger partial charge in [0, 0.05) is 11.1 Å². The van der Waals surface area contributed by atoms with Crippen LogP contribution in [0.3, 0.4) is 0 Å². The predicted molar refractivity (Wildman–Crippen MR) is 90.5 cm³/mol.